The molecule has 4 rings (SSSR count). The summed E-state index contributed by atoms with van der Waals surface area (Å²) < 4.78 is 13.1. The Bertz CT molecular complexity index is 1030. The Labute approximate surface area is 150 Å². The molecule has 0 radical (unpaired) electrons. The molecule has 126 valence electrons. The van der Waals surface area contributed by atoms with Crippen molar-refractivity contribution in [3.05, 3.63) is 84.7 Å². The fourth-order valence-corrected chi connectivity index (χ4v) is 2.72. The molecule has 0 aliphatic rings. The first kappa shape index (κ1) is 16.0. The molecule has 0 fully saturated rings. The lowest BCUT2D eigenvalue weighted by molar-refractivity contribution is 0.614. The third-order valence-electron chi connectivity index (χ3n) is 4.02. The summed E-state index contributed by atoms with van der Waals surface area (Å²) in [4.78, 5) is 16.9. The van der Waals surface area contributed by atoms with Crippen LogP contribution in [0.4, 0.5) is 4.39 Å². The van der Waals surface area contributed by atoms with E-state index in [0.29, 0.717) is 11.6 Å². The van der Waals surface area contributed by atoms with E-state index in [1.807, 2.05) is 55.5 Å². The molecule has 0 aliphatic heterocycles. The zero-order chi connectivity index (χ0) is 17.9. The monoisotopic (exact) mass is 342 g/mol. The van der Waals surface area contributed by atoms with Crippen LogP contribution >= 0.6 is 0 Å². The van der Waals surface area contributed by atoms with Crippen LogP contribution in [0.3, 0.4) is 0 Å². The van der Waals surface area contributed by atoms with Crippen molar-refractivity contribution in [3.63, 3.8) is 0 Å². The number of nitrogens with zero attached hydrogens (tertiary/aromatic N) is 4. The second-order valence-electron chi connectivity index (χ2n) is 5.93. The van der Waals surface area contributed by atoms with Crippen LogP contribution in [0.2, 0.25) is 0 Å². The fourth-order valence-electron chi connectivity index (χ4n) is 2.72. The van der Waals surface area contributed by atoms with Gasteiger partial charge in [-0.15, -0.1) is 0 Å². The molecule has 0 saturated carbocycles. The second kappa shape index (κ2) is 6.80. The lowest BCUT2D eigenvalue weighted by Crippen LogP contribution is -1.93. The van der Waals surface area contributed by atoms with E-state index in [1.165, 1.54) is 12.4 Å². The summed E-state index contributed by atoms with van der Waals surface area (Å²) in [7, 11) is 0. The summed E-state index contributed by atoms with van der Waals surface area (Å²) in [5.74, 6) is 0.735. The number of rotatable bonds is 3. The molecule has 0 unspecified atom stereocenters. The van der Waals surface area contributed by atoms with Gasteiger partial charge in [0.1, 0.15) is 0 Å². The topological polar surface area (TPSA) is 51.6 Å². The van der Waals surface area contributed by atoms with E-state index in [0.717, 1.165) is 27.8 Å². The molecule has 4 nitrogen and oxygen atoms in total. The minimum absolute atomic E-state index is 0.450. The van der Waals surface area contributed by atoms with Crippen molar-refractivity contribution in [3.8, 4) is 33.9 Å². The van der Waals surface area contributed by atoms with Gasteiger partial charge < -0.3 is 0 Å². The quantitative estimate of drug-likeness (QED) is 0.541. The van der Waals surface area contributed by atoms with Gasteiger partial charge >= 0.3 is 0 Å². The zero-order valence-corrected chi connectivity index (χ0v) is 14.1. The number of hydrogen-bond donors (Lipinski definition) is 0. The van der Waals surface area contributed by atoms with Gasteiger partial charge in [0.15, 0.2) is 17.5 Å². The highest BCUT2D eigenvalue weighted by atomic mass is 19.1. The van der Waals surface area contributed by atoms with E-state index in [2.05, 4.69) is 19.9 Å². The van der Waals surface area contributed by atoms with E-state index < -0.39 is 5.82 Å². The van der Waals surface area contributed by atoms with Crippen molar-refractivity contribution < 1.29 is 4.39 Å². The Morgan fingerprint density at radius 1 is 0.615 bits per heavy atom. The average Bonchev–Trinajstić information content (AvgIpc) is 2.69. The van der Waals surface area contributed by atoms with E-state index in [9.17, 15) is 4.39 Å². The second-order valence-corrected chi connectivity index (χ2v) is 5.93. The Hall–Kier alpha value is -3.47. The van der Waals surface area contributed by atoms with Crippen LogP contribution in [-0.4, -0.2) is 19.9 Å². The summed E-state index contributed by atoms with van der Waals surface area (Å²) in [5, 5.41) is 0. The molecule has 0 bridgehead atoms. The maximum absolute atomic E-state index is 13.1. The SMILES string of the molecule is Cc1cnc(-c2ccc(-c3ccccc3-c3ncc(F)cn3)cc2)nc1. The largest absolute Gasteiger partial charge is 0.236 e. The standard InChI is InChI=1S/C21H15FN4/c1-14-10-23-20(24-11-14)16-8-6-15(7-9-16)18-4-2-3-5-19(18)21-25-12-17(22)13-26-21/h2-13H,1H3. The smallest absolute Gasteiger partial charge is 0.159 e. The molecule has 0 aliphatic carbocycles. The maximum Gasteiger partial charge on any atom is 0.159 e. The van der Waals surface area contributed by atoms with Gasteiger partial charge in [0, 0.05) is 23.5 Å². The lowest BCUT2D eigenvalue weighted by atomic mass is 9.98. The molecule has 0 N–H and O–H groups in total. The molecule has 0 spiro atoms. The molecular formula is C21H15FN4. The third-order valence-corrected chi connectivity index (χ3v) is 4.02. The van der Waals surface area contributed by atoms with Crippen LogP contribution in [0, 0.1) is 12.7 Å². The van der Waals surface area contributed by atoms with Crippen LogP contribution in [-0.2, 0) is 0 Å². The van der Waals surface area contributed by atoms with E-state index in [-0.39, 0.29) is 0 Å². The van der Waals surface area contributed by atoms with E-state index in [1.54, 1.807) is 12.4 Å². The Kier molecular flexibility index (Phi) is 4.19. The van der Waals surface area contributed by atoms with Crippen molar-refractivity contribution in [2.24, 2.45) is 0 Å². The summed E-state index contributed by atoms with van der Waals surface area (Å²) in [6, 6.07) is 15.8. The first-order chi connectivity index (χ1) is 12.7. The van der Waals surface area contributed by atoms with Crippen molar-refractivity contribution in [2.75, 3.05) is 0 Å². The molecule has 2 aromatic heterocycles. The van der Waals surface area contributed by atoms with Crippen LogP contribution < -0.4 is 0 Å². The maximum atomic E-state index is 13.1. The van der Waals surface area contributed by atoms with Gasteiger partial charge in [-0.2, -0.15) is 0 Å². The van der Waals surface area contributed by atoms with Crippen LogP contribution in [0.5, 0.6) is 0 Å². The van der Waals surface area contributed by atoms with Crippen LogP contribution in [0.25, 0.3) is 33.9 Å². The first-order valence-electron chi connectivity index (χ1n) is 8.17. The highest BCUT2D eigenvalue weighted by Gasteiger charge is 2.10. The molecule has 0 amide bonds. The molecule has 2 aromatic carbocycles. The number of hydrogen-bond acceptors (Lipinski definition) is 4. The Balaban J connectivity index is 1.72. The van der Waals surface area contributed by atoms with E-state index in [4.69, 9.17) is 0 Å². The van der Waals surface area contributed by atoms with Crippen molar-refractivity contribution in [1.29, 1.82) is 0 Å². The Morgan fingerprint density at radius 2 is 1.15 bits per heavy atom. The van der Waals surface area contributed by atoms with Gasteiger partial charge in [-0.3, -0.25) is 0 Å². The minimum Gasteiger partial charge on any atom is -0.236 e. The first-order valence-corrected chi connectivity index (χ1v) is 8.17. The highest BCUT2D eigenvalue weighted by molar-refractivity contribution is 5.81. The molecule has 2 heterocycles. The Morgan fingerprint density at radius 3 is 1.81 bits per heavy atom. The molecule has 0 atom stereocenters. The average molecular weight is 342 g/mol. The lowest BCUT2D eigenvalue weighted by Gasteiger charge is -2.09. The normalized spacial score (nSPS) is 10.7. The van der Waals surface area contributed by atoms with Gasteiger partial charge in [0.25, 0.3) is 0 Å². The number of halogens is 1. The van der Waals surface area contributed by atoms with Crippen LogP contribution in [0.1, 0.15) is 5.56 Å². The van der Waals surface area contributed by atoms with Gasteiger partial charge in [-0.1, -0.05) is 48.5 Å². The minimum atomic E-state index is -0.450. The third kappa shape index (κ3) is 3.19. The summed E-state index contributed by atoms with van der Waals surface area (Å²) >= 11 is 0. The van der Waals surface area contributed by atoms with Crippen molar-refractivity contribution >= 4 is 0 Å². The van der Waals surface area contributed by atoms with Crippen molar-refractivity contribution in [1.82, 2.24) is 19.9 Å². The molecule has 5 heteroatoms. The van der Waals surface area contributed by atoms with Crippen molar-refractivity contribution in [2.45, 2.75) is 6.92 Å². The molecule has 0 saturated heterocycles. The predicted octanol–water partition coefficient (Wildman–Crippen LogP) is 4.72. The fraction of sp³-hybridized carbons (Fsp3) is 0.0476. The molecular weight excluding hydrogens is 327 g/mol. The zero-order valence-electron chi connectivity index (χ0n) is 14.1. The number of aromatic nitrogens is 4. The summed E-state index contributed by atoms with van der Waals surface area (Å²) in [6.45, 7) is 1.96. The molecule has 26 heavy (non-hydrogen) atoms. The van der Waals surface area contributed by atoms with Gasteiger partial charge in [0.2, 0.25) is 0 Å². The summed E-state index contributed by atoms with van der Waals surface area (Å²) in [6.07, 6.45) is 5.96. The molecule has 4 aromatic rings. The number of benzene rings is 2. The summed E-state index contributed by atoms with van der Waals surface area (Å²) in [5.41, 5.74) is 4.83. The van der Waals surface area contributed by atoms with Gasteiger partial charge in [-0.05, 0) is 23.6 Å². The highest BCUT2D eigenvalue weighted by Crippen LogP contribution is 2.31. The van der Waals surface area contributed by atoms with Crippen LogP contribution in [0.15, 0.2) is 73.3 Å². The number of aryl methyl sites for hydroxylation is 1. The predicted molar refractivity (Wildman–Crippen MR) is 98.6 cm³/mol. The van der Waals surface area contributed by atoms with E-state index >= 15 is 0 Å². The van der Waals surface area contributed by atoms with Gasteiger partial charge in [-0.25, -0.2) is 24.3 Å². The van der Waals surface area contributed by atoms with Gasteiger partial charge in [0.05, 0.1) is 12.4 Å².